The number of ether oxygens (including phenoxy) is 1. The van der Waals surface area contributed by atoms with E-state index in [0.29, 0.717) is 24.8 Å². The molecule has 3 rings (SSSR count). The Bertz CT molecular complexity index is 732. The maximum Gasteiger partial charge on any atom is 0.323 e. The summed E-state index contributed by atoms with van der Waals surface area (Å²) in [7, 11) is 0. The molecule has 1 aromatic heterocycles. The summed E-state index contributed by atoms with van der Waals surface area (Å²) in [4.78, 5) is 22.8. The van der Waals surface area contributed by atoms with Crippen LogP contribution in [0.15, 0.2) is 36.7 Å². The molecule has 1 aromatic carbocycles. The van der Waals surface area contributed by atoms with Crippen molar-refractivity contribution in [3.63, 3.8) is 0 Å². The number of anilines is 3. The van der Waals surface area contributed by atoms with Crippen molar-refractivity contribution in [1.82, 2.24) is 9.97 Å². The summed E-state index contributed by atoms with van der Waals surface area (Å²) < 4.78 is 5.32. The number of nitrogens with zero attached hydrogens (tertiary/aromatic N) is 3. The average molecular weight is 355 g/mol. The maximum absolute atomic E-state index is 12.1. The molecule has 2 N–H and O–H groups in total. The smallest absolute Gasteiger partial charge is 0.323 e. The molecule has 2 aromatic rings. The number of amides is 2. The van der Waals surface area contributed by atoms with Gasteiger partial charge in [-0.3, -0.25) is 0 Å². The van der Waals surface area contributed by atoms with E-state index in [4.69, 9.17) is 4.74 Å². The van der Waals surface area contributed by atoms with Crippen molar-refractivity contribution in [2.24, 2.45) is 0 Å². The van der Waals surface area contributed by atoms with Gasteiger partial charge in [0.15, 0.2) is 0 Å². The van der Waals surface area contributed by atoms with Crippen molar-refractivity contribution >= 4 is 23.4 Å². The zero-order valence-corrected chi connectivity index (χ0v) is 15.5. The van der Waals surface area contributed by atoms with Crippen LogP contribution in [0.25, 0.3) is 0 Å². The van der Waals surface area contributed by atoms with E-state index in [0.717, 1.165) is 18.8 Å². The number of carbonyl (C=O) groups is 1. The molecule has 1 fully saturated rings. The minimum Gasteiger partial charge on any atom is -0.378 e. The minimum atomic E-state index is -0.323. The molecule has 0 saturated carbocycles. The average Bonchev–Trinajstić information content (AvgIpc) is 2.63. The fourth-order valence-corrected chi connectivity index (χ4v) is 2.66. The van der Waals surface area contributed by atoms with Crippen LogP contribution in [0.4, 0.5) is 22.1 Å². The van der Waals surface area contributed by atoms with Gasteiger partial charge in [-0.25, -0.2) is 14.8 Å². The lowest BCUT2D eigenvalue weighted by atomic mass is 9.87. The van der Waals surface area contributed by atoms with Crippen LogP contribution in [-0.4, -0.2) is 42.3 Å². The summed E-state index contributed by atoms with van der Waals surface area (Å²) in [5.74, 6) is 0.650. The molecule has 1 aliphatic rings. The first-order valence-corrected chi connectivity index (χ1v) is 8.75. The van der Waals surface area contributed by atoms with E-state index in [1.807, 2.05) is 24.3 Å². The number of morpholine rings is 1. The Morgan fingerprint density at radius 1 is 1.00 bits per heavy atom. The van der Waals surface area contributed by atoms with Crippen molar-refractivity contribution in [1.29, 1.82) is 0 Å². The van der Waals surface area contributed by atoms with Gasteiger partial charge in [-0.15, -0.1) is 0 Å². The van der Waals surface area contributed by atoms with Crippen LogP contribution >= 0.6 is 0 Å². The number of carbonyl (C=O) groups excluding carboxylic acids is 1. The first-order chi connectivity index (χ1) is 12.4. The predicted octanol–water partition coefficient (Wildman–Crippen LogP) is 3.25. The first-order valence-electron chi connectivity index (χ1n) is 8.75. The van der Waals surface area contributed by atoms with Crippen molar-refractivity contribution in [2.75, 3.05) is 41.8 Å². The number of rotatable bonds is 3. The summed E-state index contributed by atoms with van der Waals surface area (Å²) in [5, 5.41) is 5.56. The van der Waals surface area contributed by atoms with Crippen LogP contribution < -0.4 is 15.5 Å². The fraction of sp³-hybridized carbons (Fsp3) is 0.421. The molecule has 0 aliphatic carbocycles. The Hall–Kier alpha value is -2.67. The summed E-state index contributed by atoms with van der Waals surface area (Å²) in [6.45, 7) is 9.38. The Labute approximate surface area is 153 Å². The highest BCUT2D eigenvalue weighted by atomic mass is 16.5. The van der Waals surface area contributed by atoms with Gasteiger partial charge in [-0.05, 0) is 23.1 Å². The quantitative estimate of drug-likeness (QED) is 0.883. The van der Waals surface area contributed by atoms with Crippen LogP contribution in [-0.2, 0) is 10.2 Å². The van der Waals surface area contributed by atoms with E-state index in [9.17, 15) is 4.79 Å². The number of benzene rings is 1. The van der Waals surface area contributed by atoms with Crippen LogP contribution in [0.1, 0.15) is 26.3 Å². The highest BCUT2D eigenvalue weighted by Gasteiger charge is 2.15. The highest BCUT2D eigenvalue weighted by molar-refractivity contribution is 5.99. The second-order valence-electron chi connectivity index (χ2n) is 7.28. The molecule has 1 aliphatic heterocycles. The van der Waals surface area contributed by atoms with Crippen LogP contribution in [0.3, 0.4) is 0 Å². The Morgan fingerprint density at radius 3 is 2.15 bits per heavy atom. The SMILES string of the molecule is CC(C)(C)c1ccc(NC(=O)Nc2cnc(N3CCOCC3)nc2)cc1. The van der Waals surface area contributed by atoms with Gasteiger partial charge in [-0.2, -0.15) is 0 Å². The molecule has 0 atom stereocenters. The van der Waals surface area contributed by atoms with Crippen LogP contribution in [0.5, 0.6) is 0 Å². The van der Waals surface area contributed by atoms with E-state index in [1.165, 1.54) is 5.56 Å². The summed E-state index contributed by atoms with van der Waals surface area (Å²) in [5.41, 5.74) is 2.59. The Balaban J connectivity index is 1.56. The van der Waals surface area contributed by atoms with E-state index in [1.54, 1.807) is 12.4 Å². The predicted molar refractivity (Wildman–Crippen MR) is 103 cm³/mol. The second kappa shape index (κ2) is 7.70. The zero-order valence-electron chi connectivity index (χ0n) is 15.5. The van der Waals surface area contributed by atoms with Crippen molar-refractivity contribution in [3.8, 4) is 0 Å². The lowest BCUT2D eigenvalue weighted by molar-refractivity contribution is 0.122. The molecule has 0 radical (unpaired) electrons. The fourth-order valence-electron chi connectivity index (χ4n) is 2.66. The van der Waals surface area contributed by atoms with Gasteiger partial charge >= 0.3 is 6.03 Å². The van der Waals surface area contributed by atoms with E-state index in [-0.39, 0.29) is 11.4 Å². The van der Waals surface area contributed by atoms with Gasteiger partial charge in [0.05, 0.1) is 31.3 Å². The van der Waals surface area contributed by atoms with Crippen LogP contribution in [0, 0.1) is 0 Å². The molecule has 0 bridgehead atoms. The largest absolute Gasteiger partial charge is 0.378 e. The van der Waals surface area contributed by atoms with Gasteiger partial charge in [0, 0.05) is 18.8 Å². The highest BCUT2D eigenvalue weighted by Crippen LogP contribution is 2.23. The molecule has 2 amide bonds. The lowest BCUT2D eigenvalue weighted by Gasteiger charge is -2.26. The molecule has 26 heavy (non-hydrogen) atoms. The molecule has 2 heterocycles. The molecule has 7 nitrogen and oxygen atoms in total. The third-order valence-electron chi connectivity index (χ3n) is 4.20. The number of hydrogen-bond acceptors (Lipinski definition) is 5. The lowest BCUT2D eigenvalue weighted by Crippen LogP contribution is -2.37. The van der Waals surface area contributed by atoms with Gasteiger partial charge in [0.25, 0.3) is 0 Å². The van der Waals surface area contributed by atoms with E-state index >= 15 is 0 Å². The van der Waals surface area contributed by atoms with Gasteiger partial charge in [0.1, 0.15) is 0 Å². The minimum absolute atomic E-state index is 0.0837. The molecule has 0 spiro atoms. The number of nitrogens with one attached hydrogen (secondary N) is 2. The first kappa shape index (κ1) is 18.1. The molecule has 1 saturated heterocycles. The molecular weight excluding hydrogens is 330 g/mol. The zero-order chi connectivity index (χ0) is 18.6. The monoisotopic (exact) mass is 355 g/mol. The van der Waals surface area contributed by atoms with Crippen LogP contribution in [0.2, 0.25) is 0 Å². The molecule has 7 heteroatoms. The molecular formula is C19H25N5O2. The van der Waals surface area contributed by atoms with E-state index < -0.39 is 0 Å². The van der Waals surface area contributed by atoms with Crippen molar-refractivity contribution < 1.29 is 9.53 Å². The normalized spacial score (nSPS) is 14.8. The Morgan fingerprint density at radius 2 is 1.58 bits per heavy atom. The standard InChI is InChI=1S/C19H25N5O2/c1-19(2,3)14-4-6-15(7-5-14)22-18(25)23-16-12-20-17(21-13-16)24-8-10-26-11-9-24/h4-7,12-13H,8-11H2,1-3H3,(H2,22,23,25). The van der Waals surface area contributed by atoms with E-state index in [2.05, 4.69) is 46.3 Å². The van der Waals surface area contributed by atoms with Crippen molar-refractivity contribution in [2.45, 2.75) is 26.2 Å². The summed E-state index contributed by atoms with van der Waals surface area (Å²) >= 11 is 0. The number of hydrogen-bond donors (Lipinski definition) is 2. The summed E-state index contributed by atoms with van der Waals surface area (Å²) in [6, 6.07) is 7.53. The molecule has 0 unspecified atom stereocenters. The van der Waals surface area contributed by atoms with Gasteiger partial charge in [-0.1, -0.05) is 32.9 Å². The van der Waals surface area contributed by atoms with Crippen molar-refractivity contribution in [3.05, 3.63) is 42.2 Å². The topological polar surface area (TPSA) is 79.4 Å². The Kier molecular flexibility index (Phi) is 5.37. The second-order valence-corrected chi connectivity index (χ2v) is 7.28. The van der Waals surface area contributed by atoms with Gasteiger partial charge in [0.2, 0.25) is 5.95 Å². The number of urea groups is 1. The van der Waals surface area contributed by atoms with Gasteiger partial charge < -0.3 is 20.3 Å². The third kappa shape index (κ3) is 4.70. The third-order valence-corrected chi connectivity index (χ3v) is 4.20. The molecule has 138 valence electrons. The maximum atomic E-state index is 12.1. The summed E-state index contributed by atoms with van der Waals surface area (Å²) in [6.07, 6.45) is 3.22. The number of aromatic nitrogens is 2.